The number of nitrogens with zero attached hydrogens (tertiary/aromatic N) is 1. The molecule has 0 aliphatic carbocycles. The van der Waals surface area contributed by atoms with E-state index >= 15 is 0 Å². The number of nitrogens with two attached hydrogens (primary N) is 1. The number of ether oxygens (including phenoxy) is 1. The van der Waals surface area contributed by atoms with E-state index in [-0.39, 0.29) is 49.2 Å². The summed E-state index contributed by atoms with van der Waals surface area (Å²) in [5, 5.41) is 3.08. The van der Waals surface area contributed by atoms with Gasteiger partial charge in [-0.25, -0.2) is 0 Å². The van der Waals surface area contributed by atoms with Crippen LogP contribution in [0.2, 0.25) is 0 Å². The molecule has 1 heterocycles. The van der Waals surface area contributed by atoms with Crippen molar-refractivity contribution < 1.29 is 9.53 Å². The third kappa shape index (κ3) is 7.08. The Morgan fingerprint density at radius 1 is 0.964 bits per heavy atom. The van der Waals surface area contributed by atoms with E-state index in [1.54, 1.807) is 0 Å². The predicted octanol–water partition coefficient (Wildman–Crippen LogP) is 3.11. The van der Waals surface area contributed by atoms with Gasteiger partial charge >= 0.3 is 0 Å². The van der Waals surface area contributed by atoms with Crippen LogP contribution in [0.15, 0.2) is 60.7 Å². The zero-order chi connectivity index (χ0) is 18.2. The molecule has 2 unspecified atom stereocenters. The summed E-state index contributed by atoms with van der Waals surface area (Å²) in [5.74, 6) is -0.0180. The Morgan fingerprint density at radius 2 is 1.50 bits per heavy atom. The zero-order valence-corrected chi connectivity index (χ0v) is 17.5. The van der Waals surface area contributed by atoms with E-state index < -0.39 is 0 Å². The van der Waals surface area contributed by atoms with Crippen LogP contribution in [0.1, 0.15) is 29.6 Å². The normalized spacial score (nSPS) is 16.2. The molecule has 28 heavy (non-hydrogen) atoms. The lowest BCUT2D eigenvalue weighted by Gasteiger charge is -2.35. The lowest BCUT2D eigenvalue weighted by Crippen LogP contribution is -2.44. The van der Waals surface area contributed by atoms with Gasteiger partial charge in [-0.3, -0.25) is 9.69 Å². The van der Waals surface area contributed by atoms with Crippen LogP contribution in [0, 0.1) is 0 Å². The van der Waals surface area contributed by atoms with Crippen LogP contribution in [-0.2, 0) is 9.53 Å². The molecule has 1 fully saturated rings. The Morgan fingerprint density at radius 3 is 2.07 bits per heavy atom. The summed E-state index contributed by atoms with van der Waals surface area (Å²) < 4.78 is 5.47. The molecule has 3 rings (SSSR count). The molecule has 2 atom stereocenters. The van der Waals surface area contributed by atoms with Crippen molar-refractivity contribution in [1.29, 1.82) is 0 Å². The highest BCUT2D eigenvalue weighted by molar-refractivity contribution is 5.85. The van der Waals surface area contributed by atoms with Crippen molar-refractivity contribution in [2.24, 2.45) is 5.73 Å². The van der Waals surface area contributed by atoms with Gasteiger partial charge < -0.3 is 15.8 Å². The molecular formula is C21H29Cl2N3O2. The maximum absolute atomic E-state index is 12.4. The predicted molar refractivity (Wildman–Crippen MR) is 117 cm³/mol. The van der Waals surface area contributed by atoms with Crippen LogP contribution in [-0.4, -0.2) is 43.7 Å². The Kier molecular flexibility index (Phi) is 11.1. The number of nitrogens with one attached hydrogen (secondary N) is 1. The van der Waals surface area contributed by atoms with Crippen molar-refractivity contribution in [3.8, 4) is 0 Å². The largest absolute Gasteiger partial charge is 0.379 e. The third-order valence-electron chi connectivity index (χ3n) is 4.80. The minimum Gasteiger partial charge on any atom is -0.379 e. The lowest BCUT2D eigenvalue weighted by molar-refractivity contribution is -0.121. The Balaban J connectivity index is 0.00000196. The first-order chi connectivity index (χ1) is 12.7. The van der Waals surface area contributed by atoms with E-state index in [0.29, 0.717) is 6.54 Å². The molecular weight excluding hydrogens is 397 g/mol. The van der Waals surface area contributed by atoms with Gasteiger partial charge in [-0.1, -0.05) is 60.7 Å². The fourth-order valence-electron chi connectivity index (χ4n) is 3.32. The summed E-state index contributed by atoms with van der Waals surface area (Å²) >= 11 is 0. The Hall–Kier alpha value is -1.63. The summed E-state index contributed by atoms with van der Waals surface area (Å²) in [6.45, 7) is 3.79. The van der Waals surface area contributed by atoms with Crippen LogP contribution >= 0.6 is 24.8 Å². The van der Waals surface area contributed by atoms with Gasteiger partial charge in [-0.05, 0) is 11.1 Å². The van der Waals surface area contributed by atoms with E-state index in [0.717, 1.165) is 31.9 Å². The summed E-state index contributed by atoms with van der Waals surface area (Å²) in [6, 6.07) is 19.9. The second-order valence-corrected chi connectivity index (χ2v) is 6.60. The maximum atomic E-state index is 12.4. The summed E-state index contributed by atoms with van der Waals surface area (Å²) in [4.78, 5) is 14.8. The topological polar surface area (TPSA) is 67.6 Å². The van der Waals surface area contributed by atoms with E-state index in [1.165, 1.54) is 5.56 Å². The fraction of sp³-hybridized carbons (Fsp3) is 0.381. The number of hydrogen-bond donors (Lipinski definition) is 2. The van der Waals surface area contributed by atoms with E-state index in [2.05, 4.69) is 22.3 Å². The molecule has 1 amide bonds. The monoisotopic (exact) mass is 425 g/mol. The average molecular weight is 426 g/mol. The van der Waals surface area contributed by atoms with Gasteiger partial charge in [0.2, 0.25) is 5.91 Å². The molecule has 5 nitrogen and oxygen atoms in total. The van der Waals surface area contributed by atoms with Crippen molar-refractivity contribution >= 4 is 30.7 Å². The Labute approximate surface area is 179 Å². The maximum Gasteiger partial charge on any atom is 0.221 e. The zero-order valence-electron chi connectivity index (χ0n) is 15.8. The number of rotatable bonds is 7. The second-order valence-electron chi connectivity index (χ2n) is 6.60. The van der Waals surface area contributed by atoms with Gasteiger partial charge in [-0.2, -0.15) is 0 Å². The molecule has 0 radical (unpaired) electrons. The summed E-state index contributed by atoms with van der Waals surface area (Å²) in [7, 11) is 0. The molecule has 0 bridgehead atoms. The molecule has 7 heteroatoms. The number of carbonyl (C=O) groups is 1. The minimum absolute atomic E-state index is 0. The van der Waals surface area contributed by atoms with Crippen molar-refractivity contribution in [2.75, 3.05) is 32.8 Å². The summed E-state index contributed by atoms with van der Waals surface area (Å²) in [6.07, 6.45) is 0.286. The summed E-state index contributed by atoms with van der Waals surface area (Å²) in [5.41, 5.74) is 8.36. The van der Waals surface area contributed by atoms with Crippen molar-refractivity contribution in [3.05, 3.63) is 71.8 Å². The van der Waals surface area contributed by atoms with Gasteiger partial charge in [0, 0.05) is 32.1 Å². The highest BCUT2D eigenvalue weighted by Crippen LogP contribution is 2.21. The highest BCUT2D eigenvalue weighted by Gasteiger charge is 2.23. The fourth-order valence-corrected chi connectivity index (χ4v) is 3.32. The molecule has 1 saturated heterocycles. The number of benzene rings is 2. The van der Waals surface area contributed by atoms with Gasteiger partial charge in [0.05, 0.1) is 19.3 Å². The number of halogens is 2. The molecule has 3 N–H and O–H groups in total. The van der Waals surface area contributed by atoms with E-state index in [4.69, 9.17) is 10.5 Å². The highest BCUT2D eigenvalue weighted by atomic mass is 35.5. The first-order valence-corrected chi connectivity index (χ1v) is 9.18. The number of amides is 1. The molecule has 0 aromatic heterocycles. The van der Waals surface area contributed by atoms with Gasteiger partial charge in [0.1, 0.15) is 0 Å². The number of carbonyl (C=O) groups excluding carboxylic acids is 1. The molecule has 0 spiro atoms. The van der Waals surface area contributed by atoms with E-state index in [1.807, 2.05) is 48.5 Å². The van der Waals surface area contributed by atoms with Gasteiger partial charge in [-0.15, -0.1) is 24.8 Å². The molecule has 0 saturated carbocycles. The Bertz CT molecular complexity index is 683. The third-order valence-corrected chi connectivity index (χ3v) is 4.80. The van der Waals surface area contributed by atoms with Crippen LogP contribution < -0.4 is 11.1 Å². The quantitative estimate of drug-likeness (QED) is 0.714. The van der Waals surface area contributed by atoms with Crippen LogP contribution in [0.4, 0.5) is 0 Å². The average Bonchev–Trinajstić information content (AvgIpc) is 2.70. The molecule has 1 aliphatic rings. The smallest absolute Gasteiger partial charge is 0.221 e. The van der Waals surface area contributed by atoms with Crippen molar-refractivity contribution in [1.82, 2.24) is 10.2 Å². The number of hydrogen-bond acceptors (Lipinski definition) is 4. The van der Waals surface area contributed by atoms with Crippen LogP contribution in [0.25, 0.3) is 0 Å². The van der Waals surface area contributed by atoms with Crippen molar-refractivity contribution in [2.45, 2.75) is 18.5 Å². The van der Waals surface area contributed by atoms with Gasteiger partial charge in [0.15, 0.2) is 0 Å². The molecule has 2 aromatic carbocycles. The van der Waals surface area contributed by atoms with Crippen molar-refractivity contribution in [3.63, 3.8) is 0 Å². The minimum atomic E-state index is -0.283. The number of morpholine rings is 1. The molecule has 1 aliphatic heterocycles. The first-order valence-electron chi connectivity index (χ1n) is 9.18. The van der Waals surface area contributed by atoms with Gasteiger partial charge in [0.25, 0.3) is 0 Å². The lowest BCUT2D eigenvalue weighted by atomic mass is 10.0. The van der Waals surface area contributed by atoms with E-state index in [9.17, 15) is 4.79 Å². The van der Waals surface area contributed by atoms with Crippen LogP contribution in [0.5, 0.6) is 0 Å². The standard InChI is InChI=1S/C21H27N3O2.2ClH/c22-19(17-7-3-1-4-8-17)15-21(25)23-16-20(18-9-5-2-6-10-18)24-11-13-26-14-12-24;;/h1-10,19-20H,11-16,22H2,(H,23,25);2*1H. The SMILES string of the molecule is Cl.Cl.NC(CC(=O)NCC(c1ccccc1)N1CCOCC1)c1ccccc1. The molecule has 2 aromatic rings. The van der Waals surface area contributed by atoms with Crippen LogP contribution in [0.3, 0.4) is 0 Å². The molecule has 154 valence electrons. The second kappa shape index (κ2) is 12.8. The first kappa shape index (κ1) is 24.4.